The highest BCUT2D eigenvalue weighted by molar-refractivity contribution is 6.00. The molecule has 1 saturated heterocycles. The fourth-order valence-electron chi connectivity index (χ4n) is 4.23. The maximum atomic E-state index is 13.2. The molecule has 0 radical (unpaired) electrons. The lowest BCUT2D eigenvalue weighted by Crippen LogP contribution is -2.45. The molecular weight excluding hydrogens is 426 g/mol. The summed E-state index contributed by atoms with van der Waals surface area (Å²) >= 11 is 0. The number of esters is 1. The number of benzene rings is 1. The number of rotatable bonds is 7. The molecule has 3 rings (SSSR count). The predicted molar refractivity (Wildman–Crippen MR) is 122 cm³/mol. The van der Waals surface area contributed by atoms with E-state index in [2.05, 4.69) is 10.3 Å². The maximum Gasteiger partial charge on any atom is 0.339 e. The molecule has 9 nitrogen and oxygen atoms in total. The Morgan fingerprint density at radius 3 is 2.58 bits per heavy atom. The summed E-state index contributed by atoms with van der Waals surface area (Å²) < 4.78 is 15.4. The van der Waals surface area contributed by atoms with Gasteiger partial charge in [0, 0.05) is 37.0 Å². The minimum absolute atomic E-state index is 0.111. The number of carbonyl (C=O) groups excluding carboxylic acids is 3. The van der Waals surface area contributed by atoms with Crippen LogP contribution in [0.4, 0.5) is 0 Å². The van der Waals surface area contributed by atoms with E-state index in [1.165, 1.54) is 7.11 Å². The van der Waals surface area contributed by atoms with Gasteiger partial charge >= 0.3 is 5.97 Å². The molecule has 1 fully saturated rings. The smallest absolute Gasteiger partial charge is 0.339 e. The van der Waals surface area contributed by atoms with Crippen LogP contribution in [-0.4, -0.2) is 62.1 Å². The zero-order chi connectivity index (χ0) is 24.1. The maximum absolute atomic E-state index is 13.2. The second kappa shape index (κ2) is 10.4. The van der Waals surface area contributed by atoms with Crippen molar-refractivity contribution in [1.82, 2.24) is 15.2 Å². The van der Waals surface area contributed by atoms with Crippen molar-refractivity contribution in [1.29, 1.82) is 0 Å². The molecule has 1 aromatic carbocycles. The van der Waals surface area contributed by atoms with Crippen molar-refractivity contribution in [2.45, 2.75) is 33.2 Å². The van der Waals surface area contributed by atoms with Crippen molar-refractivity contribution in [2.75, 3.05) is 34.4 Å². The molecular formula is C24H31N3O6. The van der Waals surface area contributed by atoms with Crippen molar-refractivity contribution in [3.05, 3.63) is 46.3 Å². The number of nitrogens with zero attached hydrogens (tertiary/aromatic N) is 1. The zero-order valence-corrected chi connectivity index (χ0v) is 19.7. The number of hydrogen-bond acceptors (Lipinski definition) is 6. The Bertz CT molecular complexity index is 1050. The average Bonchev–Trinajstić information content (AvgIpc) is 3.14. The molecule has 1 aromatic heterocycles. The molecule has 0 aliphatic carbocycles. The molecule has 33 heavy (non-hydrogen) atoms. The first-order chi connectivity index (χ1) is 15.8. The molecule has 2 heterocycles. The molecule has 1 atom stereocenters. The Morgan fingerprint density at radius 2 is 1.91 bits per heavy atom. The standard InChI is InChI=1S/C24H31N3O6/c1-14-20(24(30)33-5)15(2)26-21(14)23(29)27-10-6-7-17(13-27)22(28)25-12-16-8-9-18(31-3)11-19(16)32-4/h8-9,11,17,26H,6-7,10,12-13H2,1-5H3,(H,25,28)/t17-/m1/s1. The van der Waals surface area contributed by atoms with E-state index in [1.807, 2.05) is 12.1 Å². The zero-order valence-electron chi connectivity index (χ0n) is 19.7. The highest BCUT2D eigenvalue weighted by atomic mass is 16.5. The van der Waals surface area contributed by atoms with Crippen LogP contribution in [0, 0.1) is 19.8 Å². The molecule has 178 valence electrons. The lowest BCUT2D eigenvalue weighted by molar-refractivity contribution is -0.126. The molecule has 0 unspecified atom stereocenters. The van der Waals surface area contributed by atoms with E-state index in [9.17, 15) is 14.4 Å². The third-order valence-corrected chi connectivity index (χ3v) is 6.07. The minimum atomic E-state index is -0.481. The van der Waals surface area contributed by atoms with Crippen molar-refractivity contribution in [3.63, 3.8) is 0 Å². The van der Waals surface area contributed by atoms with Crippen LogP contribution in [0.3, 0.4) is 0 Å². The van der Waals surface area contributed by atoms with E-state index >= 15 is 0 Å². The first-order valence-corrected chi connectivity index (χ1v) is 10.9. The summed E-state index contributed by atoms with van der Waals surface area (Å²) in [5.74, 6) is 0.177. The monoisotopic (exact) mass is 457 g/mol. The van der Waals surface area contributed by atoms with Gasteiger partial charge in [0.2, 0.25) is 5.91 Å². The van der Waals surface area contributed by atoms with Crippen LogP contribution in [0.5, 0.6) is 11.5 Å². The number of likely N-dealkylation sites (tertiary alicyclic amines) is 1. The molecule has 0 spiro atoms. The Kier molecular flexibility index (Phi) is 7.63. The number of aromatic nitrogens is 1. The van der Waals surface area contributed by atoms with E-state index in [1.54, 1.807) is 39.0 Å². The number of piperidine rings is 1. The summed E-state index contributed by atoms with van der Waals surface area (Å²) in [4.78, 5) is 42.8. The summed E-state index contributed by atoms with van der Waals surface area (Å²) in [7, 11) is 4.46. The number of methoxy groups -OCH3 is 3. The van der Waals surface area contributed by atoms with Gasteiger partial charge in [-0.05, 0) is 44.4 Å². The van der Waals surface area contributed by atoms with Crippen LogP contribution in [0.25, 0.3) is 0 Å². The summed E-state index contributed by atoms with van der Waals surface area (Å²) in [5, 5.41) is 2.96. The normalized spacial score (nSPS) is 15.7. The Hall–Kier alpha value is -3.49. The SMILES string of the molecule is COC(=O)c1c(C)[nH]c(C(=O)N2CCC[C@@H](C(=O)NCc3ccc(OC)cc3OC)C2)c1C. The molecule has 2 aromatic rings. The third kappa shape index (κ3) is 5.13. The van der Waals surface area contributed by atoms with Crippen LogP contribution in [0.1, 0.15) is 50.5 Å². The Balaban J connectivity index is 1.66. The lowest BCUT2D eigenvalue weighted by atomic mass is 9.96. The van der Waals surface area contributed by atoms with Crippen LogP contribution in [0.15, 0.2) is 18.2 Å². The van der Waals surface area contributed by atoms with E-state index in [4.69, 9.17) is 14.2 Å². The number of ether oxygens (including phenoxy) is 3. The van der Waals surface area contributed by atoms with Gasteiger partial charge in [0.25, 0.3) is 5.91 Å². The van der Waals surface area contributed by atoms with Gasteiger partial charge < -0.3 is 29.4 Å². The van der Waals surface area contributed by atoms with Crippen LogP contribution < -0.4 is 14.8 Å². The van der Waals surface area contributed by atoms with Crippen molar-refractivity contribution >= 4 is 17.8 Å². The molecule has 9 heteroatoms. The largest absolute Gasteiger partial charge is 0.497 e. The van der Waals surface area contributed by atoms with Gasteiger partial charge in [-0.3, -0.25) is 9.59 Å². The van der Waals surface area contributed by atoms with E-state index in [-0.39, 0.29) is 17.7 Å². The van der Waals surface area contributed by atoms with Gasteiger partial charge in [0.15, 0.2) is 0 Å². The molecule has 0 bridgehead atoms. The molecule has 0 saturated carbocycles. The van der Waals surface area contributed by atoms with Crippen LogP contribution in [-0.2, 0) is 16.1 Å². The number of nitrogens with one attached hydrogen (secondary N) is 2. The topological polar surface area (TPSA) is 110 Å². The average molecular weight is 458 g/mol. The lowest BCUT2D eigenvalue weighted by Gasteiger charge is -2.32. The van der Waals surface area contributed by atoms with E-state index in [0.29, 0.717) is 60.1 Å². The number of hydrogen-bond donors (Lipinski definition) is 2. The summed E-state index contributed by atoms with van der Waals surface area (Å²) in [6.45, 7) is 4.64. The fraction of sp³-hybridized carbons (Fsp3) is 0.458. The highest BCUT2D eigenvalue weighted by Crippen LogP contribution is 2.26. The van der Waals surface area contributed by atoms with E-state index < -0.39 is 5.97 Å². The first-order valence-electron chi connectivity index (χ1n) is 10.9. The van der Waals surface area contributed by atoms with E-state index in [0.717, 1.165) is 12.0 Å². The molecule has 2 amide bonds. The number of H-pyrrole nitrogens is 1. The van der Waals surface area contributed by atoms with Crippen molar-refractivity contribution in [3.8, 4) is 11.5 Å². The summed E-state index contributed by atoms with van der Waals surface area (Å²) in [5.41, 5.74) is 2.71. The second-order valence-electron chi connectivity index (χ2n) is 8.10. The second-order valence-corrected chi connectivity index (χ2v) is 8.10. The Labute approximate surface area is 193 Å². The van der Waals surface area contributed by atoms with Gasteiger partial charge in [-0.15, -0.1) is 0 Å². The third-order valence-electron chi connectivity index (χ3n) is 6.07. The number of aryl methyl sites for hydroxylation is 1. The quantitative estimate of drug-likeness (QED) is 0.619. The first kappa shape index (κ1) is 24.2. The molecule has 1 aliphatic heterocycles. The van der Waals surface area contributed by atoms with Gasteiger partial charge in [0.1, 0.15) is 17.2 Å². The van der Waals surface area contributed by atoms with Crippen molar-refractivity contribution < 1.29 is 28.6 Å². The Morgan fingerprint density at radius 1 is 1.15 bits per heavy atom. The van der Waals surface area contributed by atoms with Gasteiger partial charge in [-0.25, -0.2) is 4.79 Å². The number of aromatic amines is 1. The summed E-state index contributed by atoms with van der Waals surface area (Å²) in [6, 6.07) is 5.43. The minimum Gasteiger partial charge on any atom is -0.497 e. The fourth-order valence-corrected chi connectivity index (χ4v) is 4.23. The molecule has 1 aliphatic rings. The number of amides is 2. The predicted octanol–water partition coefficient (Wildman–Crippen LogP) is 2.60. The van der Waals surface area contributed by atoms with Crippen molar-refractivity contribution in [2.24, 2.45) is 5.92 Å². The highest BCUT2D eigenvalue weighted by Gasteiger charge is 2.31. The van der Waals surface area contributed by atoms with Gasteiger partial charge in [-0.2, -0.15) is 0 Å². The number of carbonyl (C=O) groups is 3. The summed E-state index contributed by atoms with van der Waals surface area (Å²) in [6.07, 6.45) is 1.42. The van der Waals surface area contributed by atoms with Gasteiger partial charge in [0.05, 0.1) is 32.8 Å². The van der Waals surface area contributed by atoms with Crippen LogP contribution in [0.2, 0.25) is 0 Å². The van der Waals surface area contributed by atoms with Crippen LogP contribution >= 0.6 is 0 Å². The molecule has 2 N–H and O–H groups in total. The van der Waals surface area contributed by atoms with Gasteiger partial charge in [-0.1, -0.05) is 0 Å².